The van der Waals surface area contributed by atoms with Crippen LogP contribution in [0.5, 0.6) is 5.75 Å². The van der Waals surface area contributed by atoms with Crippen LogP contribution in [-0.4, -0.2) is 90.9 Å². The largest absolute Gasteiger partial charge is 0.494 e. The quantitative estimate of drug-likeness (QED) is 0.179. The van der Waals surface area contributed by atoms with Crippen LogP contribution in [0.15, 0.2) is 28.8 Å². The second-order valence-electron chi connectivity index (χ2n) is 10.3. The highest BCUT2D eigenvalue weighted by molar-refractivity contribution is 6.00. The number of ether oxygens (including phenoxy) is 2. The first-order chi connectivity index (χ1) is 20.0. The van der Waals surface area contributed by atoms with Crippen molar-refractivity contribution >= 4 is 29.0 Å². The topological polar surface area (TPSA) is 217 Å². The maximum atomic E-state index is 12.7. The number of carbonyl (C=O) groups is 2. The number of amides is 2. The molecule has 16 nitrogen and oxygen atoms in total. The number of rotatable bonds is 10. The predicted molar refractivity (Wildman–Crippen MR) is 145 cm³/mol. The summed E-state index contributed by atoms with van der Waals surface area (Å²) in [4.78, 5) is 31.7. The Bertz CT molecular complexity index is 1440. The van der Waals surface area contributed by atoms with Gasteiger partial charge in [-0.15, -0.1) is 10.2 Å². The molecule has 6 N–H and O–H groups in total. The minimum Gasteiger partial charge on any atom is -0.494 e. The number of benzene rings is 1. The van der Waals surface area contributed by atoms with E-state index in [2.05, 4.69) is 35.9 Å². The zero-order valence-corrected chi connectivity index (χ0v) is 23.2. The van der Waals surface area contributed by atoms with E-state index in [4.69, 9.17) is 14.0 Å². The molecule has 42 heavy (non-hydrogen) atoms. The van der Waals surface area contributed by atoms with Gasteiger partial charge in [-0.1, -0.05) is 11.2 Å². The van der Waals surface area contributed by atoms with Gasteiger partial charge in [-0.2, -0.15) is 4.98 Å². The van der Waals surface area contributed by atoms with Crippen LogP contribution < -0.4 is 20.7 Å². The van der Waals surface area contributed by atoms with Crippen LogP contribution in [0.2, 0.25) is 0 Å². The summed E-state index contributed by atoms with van der Waals surface area (Å²) in [6.45, 7) is 5.97. The summed E-state index contributed by atoms with van der Waals surface area (Å²) >= 11 is 0. The second-order valence-corrected chi connectivity index (χ2v) is 10.3. The molecule has 2 fully saturated rings. The third-order valence-electron chi connectivity index (χ3n) is 6.54. The molecule has 2 aliphatic rings. The van der Waals surface area contributed by atoms with Gasteiger partial charge in [0.1, 0.15) is 0 Å². The van der Waals surface area contributed by atoms with Gasteiger partial charge >= 0.3 is 6.10 Å². The highest BCUT2D eigenvalue weighted by Gasteiger charge is 2.31. The van der Waals surface area contributed by atoms with Crippen molar-refractivity contribution in [1.29, 1.82) is 0 Å². The number of anilines is 3. The Morgan fingerprint density at radius 1 is 1.12 bits per heavy atom. The van der Waals surface area contributed by atoms with Gasteiger partial charge in [-0.25, -0.2) is 0 Å². The SMILES string of the molecule is COc1c(Nc2cc(NC(=O)C3CC3)nnc2C(=O)NC(O)(O)O)cccc1-c1nc(CN2CC(C)OC(C)C2)no1. The molecule has 1 saturated heterocycles. The predicted octanol–water partition coefficient (Wildman–Crippen LogP) is 0.554. The molecule has 2 amide bonds. The lowest BCUT2D eigenvalue weighted by atomic mass is 10.1. The zero-order chi connectivity index (χ0) is 30.0. The monoisotopic (exact) mass is 584 g/mol. The van der Waals surface area contributed by atoms with Crippen LogP contribution in [0.4, 0.5) is 17.2 Å². The van der Waals surface area contributed by atoms with E-state index < -0.39 is 17.7 Å². The average molecular weight is 585 g/mol. The summed E-state index contributed by atoms with van der Waals surface area (Å²) < 4.78 is 17.0. The van der Waals surface area contributed by atoms with Gasteiger partial charge in [-0.05, 0) is 38.8 Å². The average Bonchev–Trinajstić information content (AvgIpc) is 3.66. The molecular weight excluding hydrogens is 552 g/mol. The van der Waals surface area contributed by atoms with E-state index in [9.17, 15) is 24.9 Å². The van der Waals surface area contributed by atoms with Gasteiger partial charge < -0.3 is 39.9 Å². The molecule has 16 heteroatoms. The van der Waals surface area contributed by atoms with Crippen LogP contribution in [0.3, 0.4) is 0 Å². The molecule has 2 aromatic heterocycles. The minimum atomic E-state index is -3.50. The van der Waals surface area contributed by atoms with E-state index in [0.717, 1.165) is 25.9 Å². The van der Waals surface area contributed by atoms with E-state index in [0.29, 0.717) is 23.6 Å². The van der Waals surface area contributed by atoms with E-state index in [1.54, 1.807) is 23.5 Å². The van der Waals surface area contributed by atoms with E-state index in [1.807, 2.05) is 13.8 Å². The molecule has 3 heterocycles. The molecule has 5 rings (SSSR count). The standard InChI is InChI=1S/C26H32N8O8/c1-13-10-34(11-14(2)41-13)12-20-29-25(42-33-20)16-5-4-6-17(22(16)40-3)27-18-9-19(28-23(35)15-7-8-15)31-32-21(18)24(36)30-26(37,38)39/h4-6,9,13-15,37-39H,7-8,10-12H2,1-3H3,(H,30,36)(H2,27,28,31,35). The number of carbonyl (C=O) groups excluding carboxylic acids is 2. The summed E-state index contributed by atoms with van der Waals surface area (Å²) in [6, 6.07) is 6.41. The van der Waals surface area contributed by atoms with Crippen molar-refractivity contribution in [2.45, 2.75) is 51.5 Å². The fraction of sp³-hybridized carbons (Fsp3) is 0.462. The first-order valence-electron chi connectivity index (χ1n) is 13.3. The molecule has 1 aliphatic carbocycles. The van der Waals surface area contributed by atoms with Gasteiger partial charge in [-0.3, -0.25) is 19.8 Å². The molecule has 3 aromatic rings. The van der Waals surface area contributed by atoms with Gasteiger partial charge in [0, 0.05) is 25.1 Å². The maximum Gasteiger partial charge on any atom is 0.369 e. The third kappa shape index (κ3) is 7.15. The van der Waals surface area contributed by atoms with Crippen LogP contribution in [0, 0.1) is 5.92 Å². The Morgan fingerprint density at radius 3 is 2.52 bits per heavy atom. The van der Waals surface area contributed by atoms with Crippen LogP contribution in [0.1, 0.15) is 43.0 Å². The number of methoxy groups -OCH3 is 1. The number of nitrogens with one attached hydrogen (secondary N) is 3. The van der Waals surface area contributed by atoms with Crippen LogP contribution in [-0.2, 0) is 16.1 Å². The molecule has 0 spiro atoms. The molecule has 224 valence electrons. The number of para-hydroxylation sites is 1. The van der Waals surface area contributed by atoms with Crippen LogP contribution in [0.25, 0.3) is 11.5 Å². The highest BCUT2D eigenvalue weighted by Crippen LogP contribution is 2.38. The highest BCUT2D eigenvalue weighted by atomic mass is 16.7. The van der Waals surface area contributed by atoms with Gasteiger partial charge in [0.2, 0.25) is 5.91 Å². The summed E-state index contributed by atoms with van der Waals surface area (Å²) in [5.74, 6) is -0.488. The van der Waals surface area contributed by atoms with Crippen molar-refractivity contribution in [3.63, 3.8) is 0 Å². The van der Waals surface area contributed by atoms with Crippen molar-refractivity contribution in [2.24, 2.45) is 5.92 Å². The maximum absolute atomic E-state index is 12.7. The van der Waals surface area contributed by atoms with Gasteiger partial charge in [0.25, 0.3) is 11.8 Å². The van der Waals surface area contributed by atoms with E-state index in [1.165, 1.54) is 13.2 Å². The van der Waals surface area contributed by atoms with Gasteiger partial charge in [0.15, 0.2) is 23.1 Å². The number of morpholine rings is 1. The smallest absolute Gasteiger partial charge is 0.369 e. The summed E-state index contributed by atoms with van der Waals surface area (Å²) in [7, 11) is 1.44. The second kappa shape index (κ2) is 11.9. The number of nitrogens with zero attached hydrogens (tertiary/aromatic N) is 5. The number of hydrogen-bond donors (Lipinski definition) is 6. The summed E-state index contributed by atoms with van der Waals surface area (Å²) in [5, 5.41) is 46.8. The number of hydrogen-bond acceptors (Lipinski definition) is 14. The van der Waals surface area contributed by atoms with Crippen molar-refractivity contribution in [3.8, 4) is 17.2 Å². The number of aromatic nitrogens is 4. The molecule has 0 radical (unpaired) electrons. The minimum absolute atomic E-state index is 0.00933. The Labute approximate surface area is 240 Å². The molecule has 2 unspecified atom stereocenters. The Morgan fingerprint density at radius 2 is 1.86 bits per heavy atom. The molecule has 2 atom stereocenters. The van der Waals surface area contributed by atoms with Crippen LogP contribution >= 0.6 is 0 Å². The number of aliphatic hydroxyl groups is 3. The summed E-state index contributed by atoms with van der Waals surface area (Å²) in [5.41, 5.74) is 0.396. The molecule has 1 saturated carbocycles. The molecule has 0 bridgehead atoms. The van der Waals surface area contributed by atoms with E-state index >= 15 is 0 Å². The fourth-order valence-corrected chi connectivity index (χ4v) is 4.71. The Hall–Kier alpha value is -4.22. The molecule has 1 aliphatic heterocycles. The Balaban J connectivity index is 1.42. The Kier molecular flexibility index (Phi) is 8.33. The lowest BCUT2D eigenvalue weighted by Crippen LogP contribution is -2.48. The van der Waals surface area contributed by atoms with Gasteiger partial charge in [0.05, 0.1) is 42.8 Å². The van der Waals surface area contributed by atoms with Crippen molar-refractivity contribution < 1.29 is 38.9 Å². The summed E-state index contributed by atoms with van der Waals surface area (Å²) in [6.07, 6.45) is -1.79. The van der Waals surface area contributed by atoms with Crippen molar-refractivity contribution in [3.05, 3.63) is 35.8 Å². The lowest BCUT2D eigenvalue weighted by Gasteiger charge is -2.34. The zero-order valence-electron chi connectivity index (χ0n) is 23.2. The molecular formula is C26H32N8O8. The molecule has 1 aromatic carbocycles. The van der Waals surface area contributed by atoms with Crippen molar-refractivity contribution in [2.75, 3.05) is 30.8 Å². The normalized spacial score (nSPS) is 19.3. The van der Waals surface area contributed by atoms with Crippen molar-refractivity contribution in [1.82, 2.24) is 30.6 Å². The lowest BCUT2D eigenvalue weighted by molar-refractivity contribution is -0.323. The van der Waals surface area contributed by atoms with E-state index in [-0.39, 0.29) is 47.2 Å². The first-order valence-corrected chi connectivity index (χ1v) is 13.3. The first kappa shape index (κ1) is 29.3. The third-order valence-corrected chi connectivity index (χ3v) is 6.54. The fourth-order valence-electron chi connectivity index (χ4n) is 4.71.